The quantitative estimate of drug-likeness (QED) is 0.703. The average Bonchev–Trinajstić information content (AvgIpc) is 3.01. The molecule has 2 bridgehead atoms. The average molecular weight is 237 g/mol. The monoisotopic (exact) mass is 237 g/mol. The minimum absolute atomic E-state index is 0.786. The lowest BCUT2D eigenvalue weighted by Gasteiger charge is -2.13. The van der Waals surface area contributed by atoms with Crippen molar-refractivity contribution in [2.45, 2.75) is 12.8 Å². The molecule has 3 nitrogen and oxygen atoms in total. The molecule has 1 fully saturated rings. The van der Waals surface area contributed by atoms with Crippen LogP contribution in [0.5, 0.6) is 0 Å². The highest BCUT2D eigenvalue weighted by molar-refractivity contribution is 6.32. The Morgan fingerprint density at radius 3 is 3.11 bits per heavy atom. The van der Waals surface area contributed by atoms with Crippen LogP contribution in [0, 0.1) is 5.92 Å². The third-order valence-corrected chi connectivity index (χ3v) is 4.13. The molecule has 1 unspecified atom stereocenters. The van der Waals surface area contributed by atoms with E-state index in [4.69, 9.17) is 5.10 Å². The maximum Gasteiger partial charge on any atom is 0.141 e. The van der Waals surface area contributed by atoms with Crippen LogP contribution < -0.4 is 5.46 Å². The van der Waals surface area contributed by atoms with E-state index in [0.29, 0.717) is 0 Å². The zero-order chi connectivity index (χ0) is 12.1. The predicted octanol–water partition coefficient (Wildman–Crippen LogP) is 0.355. The van der Waals surface area contributed by atoms with E-state index >= 15 is 0 Å². The van der Waals surface area contributed by atoms with E-state index in [9.17, 15) is 0 Å². The molecular formula is C14H16BN3. The molecule has 4 heterocycles. The second kappa shape index (κ2) is 3.64. The van der Waals surface area contributed by atoms with Gasteiger partial charge < -0.3 is 4.90 Å². The van der Waals surface area contributed by atoms with Crippen LogP contribution in [0.25, 0.3) is 5.52 Å². The van der Waals surface area contributed by atoms with Gasteiger partial charge in [-0.25, -0.2) is 4.52 Å². The van der Waals surface area contributed by atoms with E-state index in [-0.39, 0.29) is 0 Å². The Kier molecular flexibility index (Phi) is 2.07. The van der Waals surface area contributed by atoms with Crippen molar-refractivity contribution in [1.82, 2.24) is 14.5 Å². The molecule has 0 aliphatic carbocycles. The summed E-state index contributed by atoms with van der Waals surface area (Å²) in [7, 11) is 2.11. The first-order valence-corrected chi connectivity index (χ1v) is 6.67. The molecule has 2 aromatic heterocycles. The van der Waals surface area contributed by atoms with Crippen LogP contribution in [0.3, 0.4) is 0 Å². The van der Waals surface area contributed by atoms with Crippen molar-refractivity contribution in [1.29, 1.82) is 0 Å². The van der Waals surface area contributed by atoms with Gasteiger partial charge in [-0.3, -0.25) is 0 Å². The summed E-state index contributed by atoms with van der Waals surface area (Å²) in [4.78, 5) is 2.44. The van der Waals surface area contributed by atoms with Crippen LogP contribution in [0.15, 0.2) is 36.2 Å². The lowest BCUT2D eigenvalue weighted by atomic mass is 9.96. The summed E-state index contributed by atoms with van der Waals surface area (Å²) in [6.45, 7) is 2.48. The summed E-state index contributed by atoms with van der Waals surface area (Å²) < 4.78 is 2.00. The molecule has 0 amide bonds. The van der Waals surface area contributed by atoms with Crippen LogP contribution in [0.2, 0.25) is 0 Å². The standard InChI is InChI=1S/C14H16BN3/c15-12-6-14-2-1-13(16-18(14)9-12)5-11-8-17-4-3-10(11)7-17/h1-2,6,8-10H,3-5,7,15H2. The maximum absolute atomic E-state index is 4.70. The van der Waals surface area contributed by atoms with Gasteiger partial charge in [0.1, 0.15) is 7.85 Å². The SMILES string of the molecule is Bc1cc2ccc(CC3=CN4CCC3C4)nn2c1. The minimum Gasteiger partial charge on any atom is -0.377 e. The Morgan fingerprint density at radius 1 is 1.39 bits per heavy atom. The summed E-state index contributed by atoms with van der Waals surface area (Å²) >= 11 is 0. The number of hydrogen-bond acceptors (Lipinski definition) is 2. The molecule has 0 radical (unpaired) electrons. The first kappa shape index (κ1) is 10.2. The van der Waals surface area contributed by atoms with Crippen LogP contribution in [-0.4, -0.2) is 35.4 Å². The molecule has 0 spiro atoms. The highest BCUT2D eigenvalue weighted by atomic mass is 15.2. The third-order valence-electron chi connectivity index (χ3n) is 4.13. The Hall–Kier alpha value is -1.71. The second-order valence-electron chi connectivity index (χ2n) is 5.57. The van der Waals surface area contributed by atoms with E-state index < -0.39 is 0 Å². The van der Waals surface area contributed by atoms with Crippen molar-refractivity contribution in [3.63, 3.8) is 0 Å². The number of aromatic nitrogens is 2. The normalized spacial score (nSPS) is 21.9. The van der Waals surface area contributed by atoms with Gasteiger partial charge in [0.15, 0.2) is 0 Å². The van der Waals surface area contributed by atoms with Crippen LogP contribution in [-0.2, 0) is 6.42 Å². The fraction of sp³-hybridized carbons (Fsp3) is 0.357. The number of fused-ring (bicyclic) bond motifs is 3. The molecule has 0 aromatic carbocycles. The zero-order valence-corrected chi connectivity index (χ0v) is 10.6. The third kappa shape index (κ3) is 1.56. The van der Waals surface area contributed by atoms with E-state index in [1.807, 2.05) is 4.52 Å². The molecule has 4 heteroatoms. The van der Waals surface area contributed by atoms with E-state index in [0.717, 1.165) is 12.3 Å². The van der Waals surface area contributed by atoms with Crippen molar-refractivity contribution in [2.24, 2.45) is 5.92 Å². The number of nitrogens with zero attached hydrogens (tertiary/aromatic N) is 3. The molecule has 90 valence electrons. The van der Waals surface area contributed by atoms with Crippen molar-refractivity contribution in [2.75, 3.05) is 13.1 Å². The highest BCUT2D eigenvalue weighted by Gasteiger charge is 2.30. The molecule has 18 heavy (non-hydrogen) atoms. The Balaban J connectivity index is 1.65. The molecule has 1 saturated heterocycles. The first-order chi connectivity index (χ1) is 8.78. The van der Waals surface area contributed by atoms with Crippen molar-refractivity contribution in [3.05, 3.63) is 41.9 Å². The van der Waals surface area contributed by atoms with Crippen LogP contribution in [0.4, 0.5) is 0 Å². The Bertz CT molecular complexity index is 644. The van der Waals surface area contributed by atoms with Gasteiger partial charge in [0.2, 0.25) is 0 Å². The van der Waals surface area contributed by atoms with Gasteiger partial charge in [0.05, 0.1) is 11.2 Å². The van der Waals surface area contributed by atoms with E-state index in [1.54, 1.807) is 5.57 Å². The summed E-state index contributed by atoms with van der Waals surface area (Å²) in [6.07, 6.45) is 6.78. The molecular weight excluding hydrogens is 221 g/mol. The van der Waals surface area contributed by atoms with Crippen molar-refractivity contribution >= 4 is 18.8 Å². The Morgan fingerprint density at radius 2 is 2.33 bits per heavy atom. The molecule has 0 saturated carbocycles. The summed E-state index contributed by atoms with van der Waals surface area (Å²) in [6, 6.07) is 6.50. The predicted molar refractivity (Wildman–Crippen MR) is 74.8 cm³/mol. The van der Waals surface area contributed by atoms with Gasteiger partial charge in [0.25, 0.3) is 0 Å². The molecule has 0 N–H and O–H groups in total. The zero-order valence-electron chi connectivity index (χ0n) is 10.6. The van der Waals surface area contributed by atoms with Gasteiger partial charge in [-0.05, 0) is 36.4 Å². The smallest absolute Gasteiger partial charge is 0.141 e. The maximum atomic E-state index is 4.70. The van der Waals surface area contributed by atoms with Crippen molar-refractivity contribution < 1.29 is 0 Å². The fourth-order valence-corrected chi connectivity index (χ4v) is 3.21. The van der Waals surface area contributed by atoms with Crippen molar-refractivity contribution in [3.8, 4) is 0 Å². The van der Waals surface area contributed by atoms with Gasteiger partial charge >= 0.3 is 0 Å². The second-order valence-corrected chi connectivity index (χ2v) is 5.57. The van der Waals surface area contributed by atoms with Crippen LogP contribution >= 0.6 is 0 Å². The highest BCUT2D eigenvalue weighted by Crippen LogP contribution is 2.33. The fourth-order valence-electron chi connectivity index (χ4n) is 3.21. The largest absolute Gasteiger partial charge is 0.377 e. The summed E-state index contributed by atoms with van der Waals surface area (Å²) in [5, 5.41) is 4.70. The summed E-state index contributed by atoms with van der Waals surface area (Å²) in [5.41, 5.74) is 5.20. The molecule has 2 aliphatic heterocycles. The lowest BCUT2D eigenvalue weighted by Crippen LogP contribution is -2.09. The molecule has 1 atom stereocenters. The minimum atomic E-state index is 0.786. The van der Waals surface area contributed by atoms with E-state index in [1.165, 1.54) is 36.2 Å². The van der Waals surface area contributed by atoms with Gasteiger partial charge in [-0.1, -0.05) is 5.46 Å². The molecule has 2 aromatic rings. The summed E-state index contributed by atoms with van der Waals surface area (Å²) in [5.74, 6) is 0.786. The van der Waals surface area contributed by atoms with Gasteiger partial charge in [-0.15, -0.1) is 0 Å². The van der Waals surface area contributed by atoms with Crippen LogP contribution in [0.1, 0.15) is 12.1 Å². The molecule has 2 aliphatic rings. The number of hydrogen-bond donors (Lipinski definition) is 0. The van der Waals surface area contributed by atoms with Gasteiger partial charge in [0, 0.05) is 31.6 Å². The topological polar surface area (TPSA) is 20.5 Å². The van der Waals surface area contributed by atoms with Gasteiger partial charge in [-0.2, -0.15) is 5.10 Å². The Labute approximate surface area is 108 Å². The lowest BCUT2D eigenvalue weighted by molar-refractivity contribution is 0.478. The number of rotatable bonds is 2. The van der Waals surface area contributed by atoms with E-state index in [2.05, 4.69) is 43.3 Å². The molecule has 4 rings (SSSR count). The first-order valence-electron chi connectivity index (χ1n) is 6.67.